The summed E-state index contributed by atoms with van der Waals surface area (Å²) < 4.78 is 0. The molecule has 0 heterocycles. The van der Waals surface area contributed by atoms with Crippen LogP contribution in [-0.2, 0) is 0 Å². The van der Waals surface area contributed by atoms with E-state index in [-0.39, 0.29) is 19.1 Å². The average Bonchev–Trinajstić information content (AvgIpc) is 3.05. The van der Waals surface area contributed by atoms with Gasteiger partial charge in [0, 0.05) is 42.0 Å². The maximum absolute atomic E-state index is 9.07. The monoisotopic (exact) mass is 342 g/mol. The molecule has 2 N–H and O–H groups in total. The zero-order chi connectivity index (χ0) is 16.1. The highest BCUT2D eigenvalue weighted by Crippen LogP contribution is 2.45. The number of hydrogen-bond donors (Lipinski definition) is 2. The van der Waals surface area contributed by atoms with Gasteiger partial charge in [0.25, 0.3) is 0 Å². The van der Waals surface area contributed by atoms with Crippen molar-refractivity contribution in [2.24, 2.45) is 5.92 Å². The molecule has 0 spiro atoms. The van der Waals surface area contributed by atoms with E-state index in [4.69, 9.17) is 33.4 Å². The molecule has 122 valence electrons. The van der Waals surface area contributed by atoms with Crippen LogP contribution in [0.1, 0.15) is 45.4 Å². The Morgan fingerprint density at radius 2 is 1.32 bits per heavy atom. The Hall–Kier alpha value is -0.540. The third-order valence-corrected chi connectivity index (χ3v) is 5.12. The molecular formula is C18H24Cl2O2. The minimum absolute atomic E-state index is 0.167. The van der Waals surface area contributed by atoms with Gasteiger partial charge in [0.15, 0.2) is 0 Å². The molecule has 0 aromatic rings. The molecule has 0 aromatic carbocycles. The number of allylic oxidation sites excluding steroid dienone is 8. The summed E-state index contributed by atoms with van der Waals surface area (Å²) in [6.07, 6.45) is 9.12. The first-order chi connectivity index (χ1) is 10.6. The second-order valence-corrected chi connectivity index (χ2v) is 6.79. The van der Waals surface area contributed by atoms with Crippen LogP contribution in [0.5, 0.6) is 0 Å². The van der Waals surface area contributed by atoms with Crippen molar-refractivity contribution in [2.75, 3.05) is 13.2 Å². The molecule has 0 radical (unpaired) electrons. The molecule has 2 rings (SSSR count). The normalized spacial score (nSPS) is 18.6. The number of rotatable bonds is 8. The van der Waals surface area contributed by atoms with Gasteiger partial charge in [0.2, 0.25) is 0 Å². The summed E-state index contributed by atoms with van der Waals surface area (Å²) >= 11 is 12.9. The van der Waals surface area contributed by atoms with E-state index in [1.807, 2.05) is 0 Å². The number of hydrogen-bond acceptors (Lipinski definition) is 2. The smallest absolute Gasteiger partial charge is 0.0434 e. The minimum Gasteiger partial charge on any atom is -0.396 e. The van der Waals surface area contributed by atoms with Crippen molar-refractivity contribution in [1.29, 1.82) is 0 Å². The minimum atomic E-state index is 0.167. The number of aliphatic hydroxyl groups excluding tert-OH is 2. The van der Waals surface area contributed by atoms with Gasteiger partial charge >= 0.3 is 0 Å². The SMILES string of the molecule is CC(C1=C(Cl)CC=C1CCCO)C1=C(Cl)CC=C1CCCO. The van der Waals surface area contributed by atoms with Gasteiger partial charge < -0.3 is 10.2 Å². The van der Waals surface area contributed by atoms with Crippen LogP contribution >= 0.6 is 23.2 Å². The lowest BCUT2D eigenvalue weighted by molar-refractivity contribution is 0.288. The van der Waals surface area contributed by atoms with E-state index >= 15 is 0 Å². The topological polar surface area (TPSA) is 40.5 Å². The van der Waals surface area contributed by atoms with E-state index in [1.165, 1.54) is 22.3 Å². The van der Waals surface area contributed by atoms with Crippen molar-refractivity contribution in [3.05, 3.63) is 44.5 Å². The van der Waals surface area contributed by atoms with E-state index in [2.05, 4.69) is 19.1 Å². The molecule has 2 aliphatic rings. The predicted octanol–water partition coefficient (Wildman–Crippen LogP) is 4.81. The molecule has 0 saturated heterocycles. The Kier molecular flexibility index (Phi) is 6.76. The quantitative estimate of drug-likeness (QED) is 0.664. The fourth-order valence-corrected chi connectivity index (χ4v) is 4.12. The molecule has 4 heteroatoms. The van der Waals surface area contributed by atoms with E-state index < -0.39 is 0 Å². The maximum Gasteiger partial charge on any atom is 0.0434 e. The van der Waals surface area contributed by atoms with Crippen molar-refractivity contribution in [3.63, 3.8) is 0 Å². The van der Waals surface area contributed by atoms with Crippen LogP contribution in [0.15, 0.2) is 44.5 Å². The maximum atomic E-state index is 9.07. The Bertz CT molecular complexity index is 493. The Balaban J connectivity index is 2.20. The van der Waals surface area contributed by atoms with Crippen LogP contribution in [0.3, 0.4) is 0 Å². The lowest BCUT2D eigenvalue weighted by atomic mass is 9.84. The summed E-state index contributed by atoms with van der Waals surface area (Å²) in [5.41, 5.74) is 4.86. The van der Waals surface area contributed by atoms with E-state index in [9.17, 15) is 0 Å². The molecule has 2 aliphatic carbocycles. The molecule has 0 amide bonds. The zero-order valence-corrected chi connectivity index (χ0v) is 14.6. The summed E-state index contributed by atoms with van der Waals surface area (Å²) in [5.74, 6) is 0.167. The summed E-state index contributed by atoms with van der Waals surface area (Å²) in [7, 11) is 0. The molecule has 0 unspecified atom stereocenters. The van der Waals surface area contributed by atoms with Gasteiger partial charge in [-0.25, -0.2) is 0 Å². The number of aliphatic hydroxyl groups is 2. The molecule has 22 heavy (non-hydrogen) atoms. The molecule has 0 aromatic heterocycles. The highest BCUT2D eigenvalue weighted by atomic mass is 35.5. The van der Waals surface area contributed by atoms with Gasteiger partial charge in [-0.3, -0.25) is 0 Å². The third kappa shape index (κ3) is 3.86. The third-order valence-electron chi connectivity index (χ3n) is 4.41. The van der Waals surface area contributed by atoms with Crippen molar-refractivity contribution >= 4 is 23.2 Å². The van der Waals surface area contributed by atoms with Crippen molar-refractivity contribution < 1.29 is 10.2 Å². The van der Waals surface area contributed by atoms with Crippen molar-refractivity contribution in [3.8, 4) is 0 Å². The van der Waals surface area contributed by atoms with Crippen molar-refractivity contribution in [2.45, 2.75) is 45.4 Å². The fourth-order valence-electron chi connectivity index (χ4n) is 3.40. The average molecular weight is 343 g/mol. The van der Waals surface area contributed by atoms with Gasteiger partial charge in [-0.15, -0.1) is 0 Å². The molecule has 0 saturated carbocycles. The van der Waals surface area contributed by atoms with Crippen molar-refractivity contribution in [1.82, 2.24) is 0 Å². The zero-order valence-electron chi connectivity index (χ0n) is 13.0. The second-order valence-electron chi connectivity index (χ2n) is 5.88. The molecule has 0 bridgehead atoms. The lowest BCUT2D eigenvalue weighted by Gasteiger charge is -2.22. The van der Waals surface area contributed by atoms with Crippen LogP contribution in [0, 0.1) is 5.92 Å². The summed E-state index contributed by atoms with van der Waals surface area (Å²) in [4.78, 5) is 0. The largest absolute Gasteiger partial charge is 0.396 e. The van der Waals surface area contributed by atoms with Gasteiger partial charge in [0.05, 0.1) is 0 Å². The predicted molar refractivity (Wildman–Crippen MR) is 93.0 cm³/mol. The van der Waals surface area contributed by atoms with Crippen LogP contribution in [0.4, 0.5) is 0 Å². The summed E-state index contributed by atoms with van der Waals surface area (Å²) in [6.45, 7) is 2.55. The fraction of sp³-hybridized carbons (Fsp3) is 0.556. The van der Waals surface area contributed by atoms with Gasteiger partial charge in [-0.05, 0) is 48.0 Å². The van der Waals surface area contributed by atoms with E-state index in [0.717, 1.165) is 48.6 Å². The first kappa shape index (κ1) is 17.8. The molecule has 0 fully saturated rings. The Morgan fingerprint density at radius 1 is 0.909 bits per heavy atom. The van der Waals surface area contributed by atoms with Crippen LogP contribution in [-0.4, -0.2) is 23.4 Å². The number of halogens is 2. The molecule has 2 nitrogen and oxygen atoms in total. The highest BCUT2D eigenvalue weighted by Gasteiger charge is 2.29. The van der Waals surface area contributed by atoms with Gasteiger partial charge in [0.1, 0.15) is 0 Å². The molecular weight excluding hydrogens is 319 g/mol. The second kappa shape index (κ2) is 8.35. The summed E-state index contributed by atoms with van der Waals surface area (Å²) in [5, 5.41) is 19.9. The Morgan fingerprint density at radius 3 is 1.68 bits per heavy atom. The highest BCUT2D eigenvalue weighted by molar-refractivity contribution is 6.31. The van der Waals surface area contributed by atoms with Gasteiger partial charge in [-0.2, -0.15) is 0 Å². The van der Waals surface area contributed by atoms with Crippen LogP contribution < -0.4 is 0 Å². The molecule has 0 aliphatic heterocycles. The first-order valence-electron chi connectivity index (χ1n) is 7.97. The standard InChI is InChI=1S/C18H24Cl2O2/c1-12(17-13(4-2-10-21)6-8-15(17)19)18-14(5-3-11-22)7-9-16(18)20/h6-7,12,21-22H,2-5,8-11H2,1H3. The van der Waals surface area contributed by atoms with Crippen LogP contribution in [0.2, 0.25) is 0 Å². The van der Waals surface area contributed by atoms with E-state index in [0.29, 0.717) is 0 Å². The summed E-state index contributed by atoms with van der Waals surface area (Å²) in [6, 6.07) is 0. The van der Waals surface area contributed by atoms with E-state index in [1.54, 1.807) is 0 Å². The van der Waals surface area contributed by atoms with Gasteiger partial charge in [-0.1, -0.05) is 42.3 Å². The Labute approximate surface area is 142 Å². The molecule has 0 atom stereocenters. The van der Waals surface area contributed by atoms with Crippen LogP contribution in [0.25, 0.3) is 0 Å². The lowest BCUT2D eigenvalue weighted by Crippen LogP contribution is -2.08. The first-order valence-corrected chi connectivity index (χ1v) is 8.73.